The third-order valence-corrected chi connectivity index (χ3v) is 5.63. The van der Waals surface area contributed by atoms with Crippen LogP contribution in [-0.4, -0.2) is 81.9 Å². The summed E-state index contributed by atoms with van der Waals surface area (Å²) >= 11 is 5.43. The predicted molar refractivity (Wildman–Crippen MR) is 119 cm³/mol. The molecule has 0 aliphatic rings. The van der Waals surface area contributed by atoms with Gasteiger partial charge >= 0.3 is 5.97 Å². The van der Waals surface area contributed by atoms with Gasteiger partial charge in [0, 0.05) is 5.75 Å². The van der Waals surface area contributed by atoms with Crippen molar-refractivity contribution in [2.24, 2.45) is 11.7 Å². The largest absolute Gasteiger partial charge is 0.480 e. The predicted octanol–water partition coefficient (Wildman–Crippen LogP) is -1.04. The molecule has 6 atom stereocenters. The van der Waals surface area contributed by atoms with Gasteiger partial charge in [0.05, 0.1) is 12.1 Å². The lowest BCUT2D eigenvalue weighted by Crippen LogP contribution is -2.61. The average Bonchev–Trinajstić information content (AvgIpc) is 2.70. The van der Waals surface area contributed by atoms with Crippen LogP contribution in [0.1, 0.15) is 33.6 Å². The van der Waals surface area contributed by atoms with Gasteiger partial charge in [0.2, 0.25) is 17.7 Å². The zero-order chi connectivity index (χ0) is 23.4. The molecular formula is C18H34N4O6S2. The lowest BCUT2D eigenvalue weighted by atomic mass is 9.97. The van der Waals surface area contributed by atoms with Crippen LogP contribution in [0.25, 0.3) is 0 Å². The maximum Gasteiger partial charge on any atom is 0.327 e. The summed E-state index contributed by atoms with van der Waals surface area (Å²) in [6.45, 7) is 4.86. The molecule has 0 aliphatic heterocycles. The normalized spacial score (nSPS) is 17.0. The minimum absolute atomic E-state index is 0.122. The highest BCUT2D eigenvalue weighted by Crippen LogP contribution is 2.10. The van der Waals surface area contributed by atoms with Crippen molar-refractivity contribution >= 4 is 48.1 Å². The molecule has 0 aromatic heterocycles. The molecule has 0 saturated heterocycles. The van der Waals surface area contributed by atoms with Gasteiger partial charge in [-0.05, 0) is 31.3 Å². The first-order valence-corrected chi connectivity index (χ1v) is 11.7. The summed E-state index contributed by atoms with van der Waals surface area (Å²) in [7, 11) is 0. The Morgan fingerprint density at radius 1 is 1.03 bits per heavy atom. The van der Waals surface area contributed by atoms with Crippen LogP contribution in [0, 0.1) is 5.92 Å². The van der Waals surface area contributed by atoms with Crippen LogP contribution >= 0.6 is 24.4 Å². The summed E-state index contributed by atoms with van der Waals surface area (Å²) in [4.78, 5) is 48.7. The van der Waals surface area contributed by atoms with E-state index in [9.17, 15) is 24.3 Å². The second-order valence-electron chi connectivity index (χ2n) is 7.07. The number of aliphatic carboxylic acids is 1. The number of hydrogen-bond acceptors (Lipinski definition) is 8. The Bertz CT molecular complexity index is 593. The zero-order valence-corrected chi connectivity index (χ0v) is 19.5. The number of thioether (sulfide) groups is 1. The number of carbonyl (C=O) groups excluding carboxylic acids is 3. The van der Waals surface area contributed by atoms with E-state index in [1.807, 2.05) is 13.2 Å². The standard InChI is InChI=1S/C18H34N4O6S2/c1-5-9(2)13(16(25)20-12(8-29)18(27)28)21-17(26)14(10(3)23)22-15(24)11(19)6-7-30-4/h9-14,23,29H,5-8,19H2,1-4H3,(H,20,25)(H,21,26)(H,22,24)(H,27,28). The van der Waals surface area contributed by atoms with Crippen LogP contribution in [0.5, 0.6) is 0 Å². The van der Waals surface area contributed by atoms with Crippen molar-refractivity contribution in [2.45, 2.75) is 63.9 Å². The molecule has 0 aliphatic carbocycles. The minimum Gasteiger partial charge on any atom is -0.480 e. The first-order valence-electron chi connectivity index (χ1n) is 9.67. The highest BCUT2D eigenvalue weighted by Gasteiger charge is 2.34. The third kappa shape index (κ3) is 9.54. The Kier molecular flexibility index (Phi) is 13.8. The fraction of sp³-hybridized carbons (Fsp3) is 0.778. The van der Waals surface area contributed by atoms with Crippen LogP contribution in [0.2, 0.25) is 0 Å². The van der Waals surface area contributed by atoms with Crippen LogP contribution < -0.4 is 21.7 Å². The van der Waals surface area contributed by atoms with Crippen molar-refractivity contribution in [3.05, 3.63) is 0 Å². The Balaban J connectivity index is 5.34. The molecule has 0 spiro atoms. The van der Waals surface area contributed by atoms with Gasteiger partial charge in [-0.3, -0.25) is 14.4 Å². The summed E-state index contributed by atoms with van der Waals surface area (Å²) < 4.78 is 0. The number of rotatable bonds is 14. The van der Waals surface area contributed by atoms with E-state index in [2.05, 4.69) is 28.6 Å². The topological polar surface area (TPSA) is 171 Å². The minimum atomic E-state index is -1.32. The number of nitrogens with two attached hydrogens (primary N) is 1. The number of nitrogens with one attached hydrogen (secondary N) is 3. The lowest BCUT2D eigenvalue weighted by Gasteiger charge is -2.28. The third-order valence-electron chi connectivity index (χ3n) is 4.62. The summed E-state index contributed by atoms with van der Waals surface area (Å²) in [5.74, 6) is -3.09. The van der Waals surface area contributed by atoms with Crippen molar-refractivity contribution in [3.8, 4) is 0 Å². The van der Waals surface area contributed by atoms with Crippen molar-refractivity contribution in [3.63, 3.8) is 0 Å². The molecule has 0 aromatic rings. The molecule has 12 heteroatoms. The van der Waals surface area contributed by atoms with Gasteiger partial charge < -0.3 is 31.9 Å². The number of thiol groups is 1. The van der Waals surface area contributed by atoms with Crippen LogP contribution in [0.3, 0.4) is 0 Å². The molecule has 7 N–H and O–H groups in total. The number of amides is 3. The number of hydrogen-bond donors (Lipinski definition) is 7. The maximum atomic E-state index is 12.7. The van der Waals surface area contributed by atoms with Gasteiger partial charge in [-0.2, -0.15) is 24.4 Å². The average molecular weight is 467 g/mol. The molecule has 174 valence electrons. The van der Waals surface area contributed by atoms with Gasteiger partial charge in [-0.15, -0.1) is 0 Å². The molecule has 3 amide bonds. The van der Waals surface area contributed by atoms with Crippen molar-refractivity contribution in [2.75, 3.05) is 17.8 Å². The Labute approximate surface area is 186 Å². The SMILES string of the molecule is CCC(C)C(NC(=O)C(NC(=O)C(N)CCSC)C(C)O)C(=O)NC(CS)C(=O)O. The monoisotopic (exact) mass is 466 g/mol. The molecular weight excluding hydrogens is 432 g/mol. The van der Waals surface area contributed by atoms with Crippen LogP contribution in [-0.2, 0) is 19.2 Å². The highest BCUT2D eigenvalue weighted by molar-refractivity contribution is 7.98. The fourth-order valence-corrected chi connectivity index (χ4v) is 3.17. The Hall–Kier alpha value is -1.50. The van der Waals surface area contributed by atoms with Gasteiger partial charge in [0.25, 0.3) is 0 Å². The van der Waals surface area contributed by atoms with Crippen LogP contribution in [0.4, 0.5) is 0 Å². The van der Waals surface area contributed by atoms with E-state index in [0.717, 1.165) is 0 Å². The summed E-state index contributed by atoms with van der Waals surface area (Å²) in [6, 6.07) is -4.44. The van der Waals surface area contributed by atoms with E-state index in [0.29, 0.717) is 18.6 Å². The van der Waals surface area contributed by atoms with Crippen molar-refractivity contribution in [1.82, 2.24) is 16.0 Å². The molecule has 0 rings (SSSR count). The molecule has 0 saturated carbocycles. The lowest BCUT2D eigenvalue weighted by molar-refractivity contribution is -0.142. The second-order valence-corrected chi connectivity index (χ2v) is 8.42. The van der Waals surface area contributed by atoms with Gasteiger partial charge in [0.1, 0.15) is 18.1 Å². The Morgan fingerprint density at radius 3 is 2.00 bits per heavy atom. The molecule has 0 fully saturated rings. The van der Waals surface area contributed by atoms with Crippen molar-refractivity contribution < 1.29 is 29.4 Å². The van der Waals surface area contributed by atoms with E-state index in [1.54, 1.807) is 6.92 Å². The quantitative estimate of drug-likeness (QED) is 0.159. The molecule has 0 heterocycles. The molecule has 6 unspecified atom stereocenters. The first kappa shape index (κ1) is 28.5. The second kappa shape index (κ2) is 14.5. The van der Waals surface area contributed by atoms with E-state index in [4.69, 9.17) is 10.8 Å². The molecule has 0 aromatic carbocycles. The molecule has 30 heavy (non-hydrogen) atoms. The smallest absolute Gasteiger partial charge is 0.327 e. The first-order chi connectivity index (χ1) is 14.0. The number of carboxylic acid groups (broad SMARTS) is 1. The van der Waals surface area contributed by atoms with E-state index in [1.165, 1.54) is 18.7 Å². The van der Waals surface area contributed by atoms with E-state index < -0.39 is 54.0 Å². The number of carboxylic acids is 1. The Morgan fingerprint density at radius 2 is 1.57 bits per heavy atom. The maximum absolute atomic E-state index is 12.7. The molecule has 0 bridgehead atoms. The van der Waals surface area contributed by atoms with Gasteiger partial charge in [-0.25, -0.2) is 4.79 Å². The van der Waals surface area contributed by atoms with Crippen LogP contribution in [0.15, 0.2) is 0 Å². The molecule has 10 nitrogen and oxygen atoms in total. The summed E-state index contributed by atoms with van der Waals surface area (Å²) in [5.41, 5.74) is 5.80. The summed E-state index contributed by atoms with van der Waals surface area (Å²) in [6.07, 6.45) is 1.55. The number of aliphatic hydroxyl groups excluding tert-OH is 1. The van der Waals surface area contributed by atoms with Crippen molar-refractivity contribution in [1.29, 1.82) is 0 Å². The van der Waals surface area contributed by atoms with Gasteiger partial charge in [-0.1, -0.05) is 20.3 Å². The highest BCUT2D eigenvalue weighted by atomic mass is 32.2. The van der Waals surface area contributed by atoms with Gasteiger partial charge in [0.15, 0.2) is 0 Å². The van der Waals surface area contributed by atoms with E-state index in [-0.39, 0.29) is 11.7 Å². The fourth-order valence-electron chi connectivity index (χ4n) is 2.43. The van der Waals surface area contributed by atoms with E-state index >= 15 is 0 Å². The summed E-state index contributed by atoms with van der Waals surface area (Å²) in [5, 5.41) is 26.4. The number of carbonyl (C=O) groups is 4. The molecule has 0 radical (unpaired) electrons. The zero-order valence-electron chi connectivity index (χ0n) is 17.8. The number of aliphatic hydroxyl groups is 1.